The highest BCUT2D eigenvalue weighted by atomic mass is 16.5. The highest BCUT2D eigenvalue weighted by molar-refractivity contribution is 5.28. The van der Waals surface area contributed by atoms with E-state index < -0.39 is 0 Å². The molecule has 0 aliphatic carbocycles. The maximum Gasteiger partial charge on any atom is 0.121 e. The van der Waals surface area contributed by atoms with Gasteiger partial charge in [0, 0.05) is 0 Å². The molecule has 1 aromatic rings. The first-order valence-corrected chi connectivity index (χ1v) is 4.43. The zero-order valence-electron chi connectivity index (χ0n) is 8.50. The summed E-state index contributed by atoms with van der Waals surface area (Å²) < 4.78 is 5.71. The van der Waals surface area contributed by atoms with Crippen molar-refractivity contribution in [1.82, 2.24) is 0 Å². The maximum absolute atomic E-state index is 5.71. The van der Waals surface area contributed by atoms with Crippen LogP contribution in [0.4, 0.5) is 0 Å². The normalized spacial score (nSPS) is 11.0. The minimum Gasteiger partial charge on any atom is -0.484 e. The summed E-state index contributed by atoms with van der Waals surface area (Å²) in [6, 6.07) is 8.01. The highest BCUT2D eigenvalue weighted by Crippen LogP contribution is 2.19. The Balaban J connectivity index is 2.80. The van der Waals surface area contributed by atoms with Crippen LogP contribution in [0.3, 0.4) is 0 Å². The van der Waals surface area contributed by atoms with Gasteiger partial charge in [-0.1, -0.05) is 18.7 Å². The zero-order valence-corrected chi connectivity index (χ0v) is 8.50. The number of ether oxygens (including phenoxy) is 1. The van der Waals surface area contributed by atoms with Gasteiger partial charge in [-0.05, 0) is 44.5 Å². The summed E-state index contributed by atoms with van der Waals surface area (Å²) in [5.41, 5.74) is 0.908. The lowest BCUT2D eigenvalue weighted by Crippen LogP contribution is -2.24. The second kappa shape index (κ2) is 3.65. The van der Waals surface area contributed by atoms with Crippen LogP contribution in [0.2, 0.25) is 0 Å². The third-order valence-electron chi connectivity index (χ3n) is 1.86. The molecule has 0 aromatic heterocycles. The molecule has 13 heavy (non-hydrogen) atoms. The number of hydrogen-bond acceptors (Lipinski definition) is 1. The van der Waals surface area contributed by atoms with E-state index in [1.807, 2.05) is 45.0 Å². The second-order valence-electron chi connectivity index (χ2n) is 3.73. The van der Waals surface area contributed by atoms with Crippen molar-refractivity contribution in [2.45, 2.75) is 26.4 Å². The molecule has 1 rings (SSSR count). The van der Waals surface area contributed by atoms with E-state index in [0.29, 0.717) is 0 Å². The van der Waals surface area contributed by atoms with E-state index in [1.54, 1.807) is 6.08 Å². The fraction of sp³-hybridized carbons (Fsp3) is 0.333. The Hall–Kier alpha value is -1.24. The third kappa shape index (κ3) is 2.94. The van der Waals surface area contributed by atoms with Crippen LogP contribution >= 0.6 is 0 Å². The molecule has 0 saturated carbocycles. The molecule has 0 atom stereocenters. The minimum absolute atomic E-state index is 0.298. The largest absolute Gasteiger partial charge is 0.484 e. The van der Waals surface area contributed by atoms with Crippen LogP contribution in [0, 0.1) is 6.92 Å². The smallest absolute Gasteiger partial charge is 0.121 e. The fourth-order valence-corrected chi connectivity index (χ4v) is 1.02. The SMILES string of the molecule is C=CC(C)(C)Oc1cccc(C)c1. The molecule has 0 radical (unpaired) electrons. The lowest BCUT2D eigenvalue weighted by Gasteiger charge is -2.22. The first-order chi connectivity index (χ1) is 6.03. The topological polar surface area (TPSA) is 9.23 Å². The summed E-state index contributed by atoms with van der Waals surface area (Å²) in [7, 11) is 0. The van der Waals surface area contributed by atoms with Gasteiger partial charge in [-0.3, -0.25) is 0 Å². The van der Waals surface area contributed by atoms with Crippen molar-refractivity contribution in [3.63, 3.8) is 0 Å². The Morgan fingerprint density at radius 3 is 2.62 bits per heavy atom. The molecule has 0 N–H and O–H groups in total. The maximum atomic E-state index is 5.71. The van der Waals surface area contributed by atoms with Crippen LogP contribution in [0.5, 0.6) is 5.75 Å². The van der Waals surface area contributed by atoms with Gasteiger partial charge in [-0.25, -0.2) is 0 Å². The molecular formula is C12H16O. The molecule has 0 aliphatic heterocycles. The second-order valence-corrected chi connectivity index (χ2v) is 3.73. The van der Waals surface area contributed by atoms with E-state index in [9.17, 15) is 0 Å². The summed E-state index contributed by atoms with van der Waals surface area (Å²) >= 11 is 0. The standard InChI is InChI=1S/C12H16O/c1-5-12(3,4)13-11-8-6-7-10(2)9-11/h5-9H,1H2,2-4H3. The predicted octanol–water partition coefficient (Wildman–Crippen LogP) is 3.34. The van der Waals surface area contributed by atoms with Gasteiger partial charge in [-0.2, -0.15) is 0 Å². The molecule has 0 saturated heterocycles. The van der Waals surface area contributed by atoms with Gasteiger partial charge in [0.1, 0.15) is 11.4 Å². The van der Waals surface area contributed by atoms with Crippen LogP contribution < -0.4 is 4.74 Å². The number of hydrogen-bond donors (Lipinski definition) is 0. The lowest BCUT2D eigenvalue weighted by atomic mass is 10.1. The number of aryl methyl sites for hydroxylation is 1. The van der Waals surface area contributed by atoms with Gasteiger partial charge < -0.3 is 4.74 Å². The van der Waals surface area contributed by atoms with Gasteiger partial charge in [-0.15, -0.1) is 0 Å². The minimum atomic E-state index is -0.298. The van der Waals surface area contributed by atoms with Crippen LogP contribution in [0.1, 0.15) is 19.4 Å². The summed E-state index contributed by atoms with van der Waals surface area (Å²) in [5, 5.41) is 0. The molecule has 0 heterocycles. The van der Waals surface area contributed by atoms with E-state index in [1.165, 1.54) is 5.56 Å². The molecule has 0 bridgehead atoms. The number of benzene rings is 1. The van der Waals surface area contributed by atoms with E-state index in [4.69, 9.17) is 4.74 Å². The molecule has 0 unspecified atom stereocenters. The average Bonchev–Trinajstić information content (AvgIpc) is 2.03. The van der Waals surface area contributed by atoms with Crippen LogP contribution in [0.15, 0.2) is 36.9 Å². The molecule has 0 aliphatic rings. The quantitative estimate of drug-likeness (QED) is 0.642. The average molecular weight is 176 g/mol. The zero-order chi connectivity index (χ0) is 9.90. The van der Waals surface area contributed by atoms with E-state index in [-0.39, 0.29) is 5.60 Å². The van der Waals surface area contributed by atoms with E-state index in [2.05, 4.69) is 6.58 Å². The monoisotopic (exact) mass is 176 g/mol. The molecule has 0 spiro atoms. The van der Waals surface area contributed by atoms with Crippen LogP contribution in [0.25, 0.3) is 0 Å². The Kier molecular flexibility index (Phi) is 2.76. The first-order valence-electron chi connectivity index (χ1n) is 4.43. The Morgan fingerprint density at radius 1 is 1.38 bits per heavy atom. The first kappa shape index (κ1) is 9.85. The summed E-state index contributed by atoms with van der Waals surface area (Å²) in [4.78, 5) is 0. The van der Waals surface area contributed by atoms with Gasteiger partial charge in [0.05, 0.1) is 0 Å². The van der Waals surface area contributed by atoms with Gasteiger partial charge >= 0.3 is 0 Å². The molecular weight excluding hydrogens is 160 g/mol. The molecule has 0 amide bonds. The fourth-order valence-electron chi connectivity index (χ4n) is 1.02. The highest BCUT2D eigenvalue weighted by Gasteiger charge is 2.13. The Morgan fingerprint density at radius 2 is 2.08 bits per heavy atom. The molecule has 1 aromatic carbocycles. The third-order valence-corrected chi connectivity index (χ3v) is 1.86. The molecule has 0 fully saturated rings. The van der Waals surface area contributed by atoms with Gasteiger partial charge in [0.15, 0.2) is 0 Å². The van der Waals surface area contributed by atoms with Crippen LogP contribution in [-0.2, 0) is 0 Å². The van der Waals surface area contributed by atoms with Crippen molar-refractivity contribution < 1.29 is 4.74 Å². The van der Waals surface area contributed by atoms with Gasteiger partial charge in [0.2, 0.25) is 0 Å². The summed E-state index contributed by atoms with van der Waals surface area (Å²) in [5.74, 6) is 0.893. The van der Waals surface area contributed by atoms with Crippen LogP contribution in [-0.4, -0.2) is 5.60 Å². The van der Waals surface area contributed by atoms with Crippen molar-refractivity contribution in [2.24, 2.45) is 0 Å². The summed E-state index contributed by atoms with van der Waals surface area (Å²) in [6.45, 7) is 9.75. The molecule has 1 nitrogen and oxygen atoms in total. The van der Waals surface area contributed by atoms with E-state index >= 15 is 0 Å². The molecule has 70 valence electrons. The Bertz CT molecular complexity index is 300. The van der Waals surface area contributed by atoms with Crippen molar-refractivity contribution in [2.75, 3.05) is 0 Å². The lowest BCUT2D eigenvalue weighted by molar-refractivity contribution is 0.162. The van der Waals surface area contributed by atoms with Crippen molar-refractivity contribution in [3.8, 4) is 5.75 Å². The number of rotatable bonds is 3. The Labute approximate surface area is 80.0 Å². The van der Waals surface area contributed by atoms with Gasteiger partial charge in [0.25, 0.3) is 0 Å². The van der Waals surface area contributed by atoms with Crippen molar-refractivity contribution >= 4 is 0 Å². The predicted molar refractivity (Wildman–Crippen MR) is 56.1 cm³/mol. The summed E-state index contributed by atoms with van der Waals surface area (Å²) in [6.07, 6.45) is 1.80. The van der Waals surface area contributed by atoms with Crippen molar-refractivity contribution in [3.05, 3.63) is 42.5 Å². The van der Waals surface area contributed by atoms with Crippen molar-refractivity contribution in [1.29, 1.82) is 0 Å². The molecule has 1 heteroatoms. The van der Waals surface area contributed by atoms with E-state index in [0.717, 1.165) is 5.75 Å².